The van der Waals surface area contributed by atoms with Crippen LogP contribution in [0.2, 0.25) is 5.02 Å². The quantitative estimate of drug-likeness (QED) is 0.325. The number of nitrogens with one attached hydrogen (secondary N) is 1. The second-order valence-corrected chi connectivity index (χ2v) is 8.53. The lowest BCUT2D eigenvalue weighted by atomic mass is 10.2. The zero-order chi connectivity index (χ0) is 24.2. The van der Waals surface area contributed by atoms with E-state index < -0.39 is 17.6 Å². The smallest absolute Gasteiger partial charge is 0.378 e. The molecular weight excluding hydrogens is 475 g/mol. The van der Waals surface area contributed by atoms with Gasteiger partial charge < -0.3 is 10.2 Å². The van der Waals surface area contributed by atoms with Gasteiger partial charge in [-0.25, -0.2) is 0 Å². The Morgan fingerprint density at radius 2 is 2.00 bits per heavy atom. The summed E-state index contributed by atoms with van der Waals surface area (Å²) in [5.41, 5.74) is 0.839. The van der Waals surface area contributed by atoms with Crippen LogP contribution in [-0.4, -0.2) is 40.5 Å². The lowest BCUT2D eigenvalue weighted by molar-refractivity contribution is -0.137. The van der Waals surface area contributed by atoms with Crippen molar-refractivity contribution in [2.24, 2.45) is 0 Å². The van der Waals surface area contributed by atoms with Gasteiger partial charge in [-0.3, -0.25) is 9.36 Å². The van der Waals surface area contributed by atoms with E-state index in [9.17, 15) is 18.0 Å². The van der Waals surface area contributed by atoms with Gasteiger partial charge in [0.1, 0.15) is 0 Å². The van der Waals surface area contributed by atoms with Gasteiger partial charge in [0.2, 0.25) is 5.91 Å². The van der Waals surface area contributed by atoms with Gasteiger partial charge in [-0.2, -0.15) is 13.2 Å². The van der Waals surface area contributed by atoms with E-state index in [0.717, 1.165) is 41.2 Å². The van der Waals surface area contributed by atoms with E-state index in [1.807, 2.05) is 47.8 Å². The first kappa shape index (κ1) is 24.7. The van der Waals surface area contributed by atoms with E-state index in [-0.39, 0.29) is 16.5 Å². The van der Waals surface area contributed by atoms with Crippen molar-refractivity contribution in [2.75, 3.05) is 30.1 Å². The van der Waals surface area contributed by atoms with Crippen molar-refractivity contribution in [3.8, 4) is 11.4 Å². The molecule has 0 unspecified atom stereocenters. The minimum absolute atomic E-state index is 0.0132. The van der Waals surface area contributed by atoms with Crippen LogP contribution in [0.25, 0.3) is 11.4 Å². The largest absolute Gasteiger partial charge is 0.416 e. The lowest BCUT2D eigenvalue weighted by Gasteiger charge is -2.14. The van der Waals surface area contributed by atoms with Gasteiger partial charge in [0, 0.05) is 31.9 Å². The molecule has 1 amide bonds. The Kier molecular flexibility index (Phi) is 7.70. The highest BCUT2D eigenvalue weighted by Gasteiger charge is 2.31. The molecule has 0 saturated heterocycles. The van der Waals surface area contributed by atoms with Crippen LogP contribution in [0.4, 0.5) is 24.5 Å². The van der Waals surface area contributed by atoms with E-state index in [1.54, 1.807) is 6.08 Å². The summed E-state index contributed by atoms with van der Waals surface area (Å²) in [6.07, 6.45) is -2.85. The number of benzene rings is 2. The Morgan fingerprint density at radius 1 is 1.24 bits per heavy atom. The molecule has 1 aromatic heterocycles. The molecule has 0 radical (unpaired) electrons. The third-order valence-corrected chi connectivity index (χ3v) is 5.85. The van der Waals surface area contributed by atoms with Gasteiger partial charge in [-0.1, -0.05) is 41.6 Å². The topological polar surface area (TPSA) is 63.1 Å². The highest BCUT2D eigenvalue weighted by molar-refractivity contribution is 7.99. The van der Waals surface area contributed by atoms with Crippen molar-refractivity contribution < 1.29 is 18.0 Å². The van der Waals surface area contributed by atoms with Crippen molar-refractivity contribution in [2.45, 2.75) is 17.9 Å². The molecule has 0 aliphatic rings. The van der Waals surface area contributed by atoms with Gasteiger partial charge in [-0.15, -0.1) is 16.8 Å². The molecular formula is C22H21ClF3N5OS. The zero-order valence-electron chi connectivity index (χ0n) is 17.9. The summed E-state index contributed by atoms with van der Waals surface area (Å²) in [6, 6.07) is 10.5. The van der Waals surface area contributed by atoms with Gasteiger partial charge in [0.25, 0.3) is 0 Å². The fourth-order valence-electron chi connectivity index (χ4n) is 2.94. The summed E-state index contributed by atoms with van der Waals surface area (Å²) in [5, 5.41) is 11.4. The third-order valence-electron chi connectivity index (χ3n) is 4.55. The summed E-state index contributed by atoms with van der Waals surface area (Å²) in [6.45, 7) is 4.18. The number of aromatic nitrogens is 3. The number of carbonyl (C=O) groups is 1. The number of amides is 1. The first-order valence-electron chi connectivity index (χ1n) is 9.71. The molecule has 0 bridgehead atoms. The maximum Gasteiger partial charge on any atom is 0.416 e. The van der Waals surface area contributed by atoms with Crippen molar-refractivity contribution in [1.82, 2.24) is 14.8 Å². The average Bonchev–Trinajstić information content (AvgIpc) is 3.16. The fraction of sp³-hybridized carbons (Fsp3) is 0.227. The number of alkyl halides is 3. The molecule has 0 aliphatic carbocycles. The summed E-state index contributed by atoms with van der Waals surface area (Å²) >= 11 is 7.06. The maximum atomic E-state index is 12.9. The van der Waals surface area contributed by atoms with Crippen LogP contribution in [0.1, 0.15) is 5.56 Å². The molecule has 0 fully saturated rings. The highest BCUT2D eigenvalue weighted by Crippen LogP contribution is 2.34. The summed E-state index contributed by atoms with van der Waals surface area (Å²) < 4.78 is 40.7. The summed E-state index contributed by atoms with van der Waals surface area (Å²) in [7, 11) is 3.87. The van der Waals surface area contributed by atoms with Crippen molar-refractivity contribution in [1.29, 1.82) is 0 Å². The zero-order valence-corrected chi connectivity index (χ0v) is 19.4. The van der Waals surface area contributed by atoms with Crippen LogP contribution >= 0.6 is 23.4 Å². The first-order chi connectivity index (χ1) is 15.6. The second-order valence-electron chi connectivity index (χ2n) is 7.18. The molecule has 3 rings (SSSR count). The van der Waals surface area contributed by atoms with Gasteiger partial charge >= 0.3 is 6.18 Å². The highest BCUT2D eigenvalue weighted by atomic mass is 35.5. The monoisotopic (exact) mass is 495 g/mol. The predicted octanol–water partition coefficient (Wildman–Crippen LogP) is 5.60. The minimum atomic E-state index is -4.54. The Bertz CT molecular complexity index is 1160. The summed E-state index contributed by atoms with van der Waals surface area (Å²) in [5.74, 6) is -0.00692. The number of allylic oxidation sites excluding steroid dienone is 1. The Hall–Kier alpha value is -2.98. The number of hydrogen-bond acceptors (Lipinski definition) is 5. The molecule has 6 nitrogen and oxygen atoms in total. The fourth-order valence-corrected chi connectivity index (χ4v) is 3.85. The van der Waals surface area contributed by atoms with E-state index in [4.69, 9.17) is 11.6 Å². The van der Waals surface area contributed by atoms with Crippen molar-refractivity contribution in [3.63, 3.8) is 0 Å². The maximum absolute atomic E-state index is 12.9. The van der Waals surface area contributed by atoms with Gasteiger partial charge in [-0.05, 0) is 30.3 Å². The van der Waals surface area contributed by atoms with E-state index in [1.165, 1.54) is 0 Å². The molecule has 0 aliphatic heterocycles. The standard InChI is InChI=1S/C22H21ClF3N5OS/c1-4-10-31-20(14-6-5-7-16(11-14)30(2)3)28-29-21(31)33-13-19(32)27-18-12-15(22(24,25)26)8-9-17(18)23/h4-9,11-12H,1,10,13H2,2-3H3,(H,27,32). The van der Waals surface area contributed by atoms with Crippen molar-refractivity contribution in [3.05, 3.63) is 65.7 Å². The van der Waals surface area contributed by atoms with Crippen LogP contribution in [0.3, 0.4) is 0 Å². The molecule has 11 heteroatoms. The van der Waals surface area contributed by atoms with Crippen LogP contribution in [-0.2, 0) is 17.5 Å². The second kappa shape index (κ2) is 10.3. The predicted molar refractivity (Wildman–Crippen MR) is 126 cm³/mol. The number of nitrogens with zero attached hydrogens (tertiary/aromatic N) is 4. The SMILES string of the molecule is C=CCn1c(SCC(=O)Nc2cc(C(F)(F)F)ccc2Cl)nnc1-c1cccc(N(C)C)c1. The number of rotatable bonds is 8. The molecule has 1 N–H and O–H groups in total. The minimum Gasteiger partial charge on any atom is -0.378 e. The molecule has 0 saturated carbocycles. The van der Waals surface area contributed by atoms with E-state index in [0.29, 0.717) is 17.5 Å². The van der Waals surface area contributed by atoms with Gasteiger partial charge in [0.05, 0.1) is 22.0 Å². The van der Waals surface area contributed by atoms with Crippen LogP contribution < -0.4 is 10.2 Å². The average molecular weight is 496 g/mol. The number of thioether (sulfide) groups is 1. The first-order valence-corrected chi connectivity index (χ1v) is 11.1. The van der Waals surface area contributed by atoms with E-state index >= 15 is 0 Å². The Labute approximate surface area is 198 Å². The Morgan fingerprint density at radius 3 is 2.67 bits per heavy atom. The number of anilines is 2. The van der Waals surface area contributed by atoms with Crippen LogP contribution in [0, 0.1) is 0 Å². The van der Waals surface area contributed by atoms with Crippen molar-refractivity contribution >= 4 is 40.6 Å². The van der Waals surface area contributed by atoms with E-state index in [2.05, 4.69) is 22.1 Å². The number of carbonyl (C=O) groups excluding carboxylic acids is 1. The normalized spacial score (nSPS) is 11.3. The van der Waals surface area contributed by atoms with Crippen LogP contribution in [0.5, 0.6) is 0 Å². The molecule has 1 heterocycles. The Balaban J connectivity index is 1.76. The third kappa shape index (κ3) is 6.08. The summed E-state index contributed by atoms with van der Waals surface area (Å²) in [4.78, 5) is 14.4. The van der Waals surface area contributed by atoms with Crippen LogP contribution in [0.15, 0.2) is 60.3 Å². The molecule has 3 aromatic rings. The molecule has 33 heavy (non-hydrogen) atoms. The molecule has 0 atom stereocenters. The molecule has 174 valence electrons. The lowest BCUT2D eigenvalue weighted by Crippen LogP contribution is -2.16. The molecule has 0 spiro atoms. The van der Waals surface area contributed by atoms with Gasteiger partial charge in [0.15, 0.2) is 11.0 Å². The number of hydrogen-bond donors (Lipinski definition) is 1. The molecule has 2 aromatic carbocycles. The number of halogens is 4.